The monoisotopic (exact) mass is 281 g/mol. The normalized spacial score (nSPS) is 13.3. The lowest BCUT2D eigenvalue weighted by atomic mass is 10.1. The smallest absolute Gasteiger partial charge is 0.273 e. The zero-order valence-corrected chi connectivity index (χ0v) is 8.97. The minimum absolute atomic E-state index is 0.472. The topological polar surface area (TPSA) is 29.1 Å². The molecule has 1 aromatic carbocycles. The summed E-state index contributed by atoms with van der Waals surface area (Å²) in [6, 6.07) is 8.13. The highest BCUT2D eigenvalue weighted by Crippen LogP contribution is 2.24. The Labute approximate surface area is 92.6 Å². The molecule has 1 unspecified atom stereocenters. The third kappa shape index (κ3) is 3.91. The van der Waals surface area contributed by atoms with Crippen LogP contribution in [0.4, 0.5) is 13.2 Å². The molecule has 1 aromatic rings. The van der Waals surface area contributed by atoms with Crippen LogP contribution in [0.5, 0.6) is 0 Å². The van der Waals surface area contributed by atoms with Gasteiger partial charge in [-0.05, 0) is 5.56 Å². The molecule has 0 fully saturated rings. The van der Waals surface area contributed by atoms with Gasteiger partial charge >= 0.3 is 6.30 Å². The van der Waals surface area contributed by atoms with Crippen molar-refractivity contribution in [2.24, 2.45) is 0 Å². The SMILES string of the molecule is O=C(NC(F)(F)F)C(Br)c1ccccc1. The zero-order valence-electron chi connectivity index (χ0n) is 7.38. The molecule has 1 N–H and O–H groups in total. The lowest BCUT2D eigenvalue weighted by molar-refractivity contribution is -0.169. The highest BCUT2D eigenvalue weighted by molar-refractivity contribution is 9.09. The fraction of sp³-hybridized carbons (Fsp3) is 0.222. The number of rotatable bonds is 2. The number of hydrogen-bond acceptors (Lipinski definition) is 1. The van der Waals surface area contributed by atoms with Crippen molar-refractivity contribution in [1.29, 1.82) is 0 Å². The van der Waals surface area contributed by atoms with E-state index in [1.54, 1.807) is 30.3 Å². The van der Waals surface area contributed by atoms with Gasteiger partial charge in [0.15, 0.2) is 0 Å². The molecule has 1 rings (SSSR count). The molecule has 1 amide bonds. The first kappa shape index (κ1) is 12.0. The quantitative estimate of drug-likeness (QED) is 0.656. The van der Waals surface area contributed by atoms with E-state index in [0.29, 0.717) is 5.56 Å². The number of benzene rings is 1. The standard InChI is InChI=1S/C9H7BrF3NO/c10-7(6-4-2-1-3-5-6)8(15)14-9(11,12)13/h1-5,7H,(H,14,15). The number of carbonyl (C=O) groups is 1. The molecule has 0 aliphatic rings. The summed E-state index contributed by atoms with van der Waals surface area (Å²) in [6.45, 7) is 0. The second kappa shape index (κ2) is 4.65. The zero-order chi connectivity index (χ0) is 11.5. The Morgan fingerprint density at radius 1 is 1.27 bits per heavy atom. The number of carbonyl (C=O) groups excluding carboxylic acids is 1. The average molecular weight is 282 g/mol. The van der Waals surface area contributed by atoms with E-state index in [4.69, 9.17) is 0 Å². The van der Waals surface area contributed by atoms with Gasteiger partial charge in [0, 0.05) is 0 Å². The number of hydrogen-bond donors (Lipinski definition) is 1. The summed E-state index contributed by atoms with van der Waals surface area (Å²) in [7, 11) is 0. The van der Waals surface area contributed by atoms with Crippen LogP contribution >= 0.6 is 15.9 Å². The fourth-order valence-corrected chi connectivity index (χ4v) is 1.40. The first-order valence-electron chi connectivity index (χ1n) is 3.98. The predicted molar refractivity (Wildman–Crippen MR) is 52.3 cm³/mol. The van der Waals surface area contributed by atoms with Crippen LogP contribution in [0, 0.1) is 0 Å². The van der Waals surface area contributed by atoms with Crippen molar-refractivity contribution < 1.29 is 18.0 Å². The number of nitrogens with one attached hydrogen (secondary N) is 1. The van der Waals surface area contributed by atoms with Crippen molar-refractivity contribution in [3.05, 3.63) is 35.9 Å². The van der Waals surface area contributed by atoms with Gasteiger partial charge < -0.3 is 0 Å². The summed E-state index contributed by atoms with van der Waals surface area (Å²) in [6.07, 6.45) is -4.70. The summed E-state index contributed by atoms with van der Waals surface area (Å²) in [5, 5.41) is 0.932. The molecule has 0 bridgehead atoms. The second-order valence-corrected chi connectivity index (χ2v) is 3.68. The van der Waals surface area contributed by atoms with E-state index in [9.17, 15) is 18.0 Å². The van der Waals surface area contributed by atoms with Crippen molar-refractivity contribution in [3.8, 4) is 0 Å². The maximum atomic E-state index is 11.8. The fourth-order valence-electron chi connectivity index (χ4n) is 0.976. The Kier molecular flexibility index (Phi) is 3.73. The van der Waals surface area contributed by atoms with Gasteiger partial charge in [0.25, 0.3) is 0 Å². The lowest BCUT2D eigenvalue weighted by Crippen LogP contribution is -2.38. The summed E-state index contributed by atoms with van der Waals surface area (Å²) >= 11 is 2.89. The van der Waals surface area contributed by atoms with Gasteiger partial charge in [0.2, 0.25) is 5.91 Å². The van der Waals surface area contributed by atoms with Gasteiger partial charge in [0.1, 0.15) is 4.83 Å². The van der Waals surface area contributed by atoms with Crippen molar-refractivity contribution in [3.63, 3.8) is 0 Å². The highest BCUT2D eigenvalue weighted by Gasteiger charge is 2.32. The average Bonchev–Trinajstić information content (AvgIpc) is 2.15. The van der Waals surface area contributed by atoms with Gasteiger partial charge in [-0.15, -0.1) is 0 Å². The first-order valence-corrected chi connectivity index (χ1v) is 4.89. The van der Waals surface area contributed by atoms with E-state index in [2.05, 4.69) is 15.9 Å². The summed E-state index contributed by atoms with van der Waals surface area (Å²) in [5.41, 5.74) is 0.472. The molecule has 15 heavy (non-hydrogen) atoms. The maximum Gasteiger partial charge on any atom is 0.484 e. The molecule has 82 valence electrons. The Morgan fingerprint density at radius 2 is 1.80 bits per heavy atom. The molecule has 0 aliphatic carbocycles. The van der Waals surface area contributed by atoms with Crippen molar-refractivity contribution in [1.82, 2.24) is 5.32 Å². The van der Waals surface area contributed by atoms with E-state index in [0.717, 1.165) is 5.32 Å². The predicted octanol–water partition coefficient (Wildman–Crippen LogP) is 2.76. The summed E-state index contributed by atoms with van der Waals surface area (Å²) < 4.78 is 35.5. The van der Waals surface area contributed by atoms with Gasteiger partial charge in [-0.3, -0.25) is 10.1 Å². The Morgan fingerprint density at radius 3 is 2.27 bits per heavy atom. The van der Waals surface area contributed by atoms with Crippen LogP contribution in [0.2, 0.25) is 0 Å². The van der Waals surface area contributed by atoms with Crippen LogP contribution < -0.4 is 5.32 Å². The summed E-state index contributed by atoms with van der Waals surface area (Å²) in [4.78, 5) is 10.1. The van der Waals surface area contributed by atoms with Gasteiger partial charge in [0.05, 0.1) is 0 Å². The highest BCUT2D eigenvalue weighted by atomic mass is 79.9. The molecule has 0 saturated carbocycles. The van der Waals surface area contributed by atoms with E-state index < -0.39 is 17.0 Å². The molecular weight excluding hydrogens is 275 g/mol. The third-order valence-corrected chi connectivity index (χ3v) is 2.53. The molecule has 0 spiro atoms. The van der Waals surface area contributed by atoms with E-state index in [1.807, 2.05) is 0 Å². The van der Waals surface area contributed by atoms with E-state index in [-0.39, 0.29) is 0 Å². The molecule has 0 radical (unpaired) electrons. The van der Waals surface area contributed by atoms with Crippen molar-refractivity contribution in [2.75, 3.05) is 0 Å². The Balaban J connectivity index is 2.70. The minimum Gasteiger partial charge on any atom is -0.273 e. The Hall–Kier alpha value is -1.04. The first-order chi connectivity index (χ1) is 6.90. The van der Waals surface area contributed by atoms with Crippen molar-refractivity contribution in [2.45, 2.75) is 11.1 Å². The molecule has 0 aliphatic heterocycles. The third-order valence-electron chi connectivity index (χ3n) is 1.59. The van der Waals surface area contributed by atoms with Crippen LogP contribution in [0.1, 0.15) is 10.4 Å². The number of halogens is 4. The van der Waals surface area contributed by atoms with Crippen LogP contribution in [0.3, 0.4) is 0 Å². The van der Waals surface area contributed by atoms with Gasteiger partial charge in [-0.1, -0.05) is 46.3 Å². The second-order valence-electron chi connectivity index (χ2n) is 2.76. The van der Waals surface area contributed by atoms with Crippen LogP contribution in [0.25, 0.3) is 0 Å². The number of amides is 1. The minimum atomic E-state index is -4.70. The number of alkyl halides is 4. The molecule has 6 heteroatoms. The van der Waals surface area contributed by atoms with Crippen molar-refractivity contribution >= 4 is 21.8 Å². The largest absolute Gasteiger partial charge is 0.484 e. The Bertz CT molecular complexity index is 339. The lowest BCUT2D eigenvalue weighted by Gasteiger charge is -2.12. The molecule has 0 saturated heterocycles. The maximum absolute atomic E-state index is 11.8. The van der Waals surface area contributed by atoms with Gasteiger partial charge in [-0.25, -0.2) is 0 Å². The molecule has 0 heterocycles. The molecule has 2 nitrogen and oxygen atoms in total. The molecular formula is C9H7BrF3NO. The van der Waals surface area contributed by atoms with Crippen LogP contribution in [0.15, 0.2) is 30.3 Å². The molecule has 1 atom stereocenters. The van der Waals surface area contributed by atoms with Crippen LogP contribution in [-0.2, 0) is 4.79 Å². The van der Waals surface area contributed by atoms with E-state index in [1.165, 1.54) is 0 Å². The van der Waals surface area contributed by atoms with Gasteiger partial charge in [-0.2, -0.15) is 13.2 Å². The van der Waals surface area contributed by atoms with Crippen LogP contribution in [-0.4, -0.2) is 12.2 Å². The van der Waals surface area contributed by atoms with E-state index >= 15 is 0 Å². The molecule has 0 aromatic heterocycles. The summed E-state index contributed by atoms with van der Waals surface area (Å²) in [5.74, 6) is -1.13.